The fourth-order valence-electron chi connectivity index (χ4n) is 3.34. The van der Waals surface area contributed by atoms with Crippen molar-refractivity contribution in [2.45, 2.75) is 32.5 Å². The molecule has 2 atom stereocenters. The topological polar surface area (TPSA) is 55.6 Å². The predicted octanol–water partition coefficient (Wildman–Crippen LogP) is 3.43. The summed E-state index contributed by atoms with van der Waals surface area (Å²) < 4.78 is 6.29. The number of hydrogen-bond donors (Lipinski definition) is 1. The summed E-state index contributed by atoms with van der Waals surface area (Å²) in [6.07, 6.45) is 0.782. The highest BCUT2D eigenvalue weighted by Gasteiger charge is 2.33. The quantitative estimate of drug-likeness (QED) is 0.897. The van der Waals surface area contributed by atoms with Gasteiger partial charge in [0.1, 0.15) is 6.10 Å². The van der Waals surface area contributed by atoms with E-state index in [1.807, 2.05) is 47.4 Å². The number of benzene rings is 2. The minimum atomic E-state index is -0.0854. The third kappa shape index (κ3) is 4.32. The lowest BCUT2D eigenvalue weighted by molar-refractivity contribution is -0.0954. The molecule has 0 saturated carbocycles. The second-order valence-electron chi connectivity index (χ2n) is 7.26. The fourth-order valence-corrected chi connectivity index (χ4v) is 3.34. The molecule has 1 aliphatic heterocycles. The maximum absolute atomic E-state index is 13.1. The van der Waals surface area contributed by atoms with E-state index in [1.54, 1.807) is 0 Å². The van der Waals surface area contributed by atoms with Crippen LogP contribution in [0.25, 0.3) is 0 Å². The average molecular weight is 352 g/mol. The van der Waals surface area contributed by atoms with E-state index in [9.17, 15) is 4.79 Å². The Morgan fingerprint density at radius 3 is 2.42 bits per heavy atom. The third-order valence-electron chi connectivity index (χ3n) is 4.96. The molecule has 0 spiro atoms. The number of hydrogen-bond acceptors (Lipinski definition) is 3. The molecule has 0 aromatic heterocycles. The number of morpholine rings is 1. The highest BCUT2D eigenvalue weighted by molar-refractivity contribution is 5.94. The highest BCUT2D eigenvalue weighted by Crippen LogP contribution is 2.29. The Hall–Kier alpha value is -2.17. The normalized spacial score (nSPS) is 20.4. The van der Waals surface area contributed by atoms with E-state index in [2.05, 4.69) is 26.0 Å². The molecular weight excluding hydrogens is 324 g/mol. The van der Waals surface area contributed by atoms with Crippen molar-refractivity contribution >= 4 is 5.91 Å². The van der Waals surface area contributed by atoms with Crippen molar-refractivity contribution in [1.29, 1.82) is 0 Å². The van der Waals surface area contributed by atoms with Gasteiger partial charge in [0.25, 0.3) is 5.91 Å². The van der Waals surface area contributed by atoms with E-state index >= 15 is 0 Å². The number of carbonyl (C=O) groups is 1. The van der Waals surface area contributed by atoms with E-state index < -0.39 is 0 Å². The van der Waals surface area contributed by atoms with Crippen molar-refractivity contribution in [3.8, 4) is 0 Å². The summed E-state index contributed by atoms with van der Waals surface area (Å²) in [6, 6.07) is 18.0. The molecule has 1 heterocycles. The summed E-state index contributed by atoms with van der Waals surface area (Å²) in [5.41, 5.74) is 8.60. The summed E-state index contributed by atoms with van der Waals surface area (Å²) in [6.45, 7) is 6.11. The Balaban J connectivity index is 1.79. The van der Waals surface area contributed by atoms with Crippen LogP contribution >= 0.6 is 0 Å². The van der Waals surface area contributed by atoms with E-state index in [0.29, 0.717) is 25.6 Å². The van der Waals surface area contributed by atoms with Gasteiger partial charge in [-0.15, -0.1) is 0 Å². The van der Waals surface area contributed by atoms with Gasteiger partial charge in [-0.1, -0.05) is 56.3 Å². The number of rotatable bonds is 5. The number of nitrogens with zero attached hydrogens (tertiary/aromatic N) is 1. The van der Waals surface area contributed by atoms with Gasteiger partial charge in [-0.25, -0.2) is 0 Å². The molecule has 3 rings (SSSR count). The zero-order chi connectivity index (χ0) is 18.5. The van der Waals surface area contributed by atoms with E-state index in [4.69, 9.17) is 10.5 Å². The maximum Gasteiger partial charge on any atom is 0.254 e. The molecule has 0 unspecified atom stereocenters. The standard InChI is InChI=1S/C22H28N2O2/c1-16(2)20-14-24(15-21(26-20)18-6-4-3-5-7-18)22(25)19-10-8-17(9-11-19)12-13-23/h3-11,16,20-21H,12-15,23H2,1-2H3/t20-,21+/m1/s1. The maximum atomic E-state index is 13.1. The van der Waals surface area contributed by atoms with E-state index in [0.717, 1.165) is 23.1 Å². The minimum Gasteiger partial charge on any atom is -0.366 e. The Bertz CT molecular complexity index is 713. The molecule has 1 saturated heterocycles. The van der Waals surface area contributed by atoms with Crippen molar-refractivity contribution in [3.05, 3.63) is 71.3 Å². The molecule has 26 heavy (non-hydrogen) atoms. The molecule has 138 valence electrons. The second kappa shape index (κ2) is 8.47. The minimum absolute atomic E-state index is 0.0365. The molecule has 1 aliphatic rings. The van der Waals surface area contributed by atoms with Gasteiger partial charge >= 0.3 is 0 Å². The Labute approximate surface area is 156 Å². The Morgan fingerprint density at radius 2 is 1.81 bits per heavy atom. The van der Waals surface area contributed by atoms with Crippen LogP contribution in [0.3, 0.4) is 0 Å². The first-order chi connectivity index (χ1) is 12.6. The number of carbonyl (C=O) groups excluding carboxylic acids is 1. The van der Waals surface area contributed by atoms with Gasteiger partial charge in [-0.3, -0.25) is 4.79 Å². The predicted molar refractivity (Wildman–Crippen MR) is 104 cm³/mol. The molecule has 1 fully saturated rings. The zero-order valence-corrected chi connectivity index (χ0v) is 15.6. The Morgan fingerprint density at radius 1 is 1.12 bits per heavy atom. The van der Waals surface area contributed by atoms with E-state index in [-0.39, 0.29) is 18.1 Å². The molecule has 2 aromatic rings. The summed E-state index contributed by atoms with van der Waals surface area (Å²) in [7, 11) is 0. The van der Waals surface area contributed by atoms with Crippen LogP contribution < -0.4 is 5.73 Å². The lowest BCUT2D eigenvalue weighted by atomic mass is 10.00. The van der Waals surface area contributed by atoms with Gasteiger partial charge < -0.3 is 15.4 Å². The molecule has 2 aromatic carbocycles. The van der Waals surface area contributed by atoms with Gasteiger partial charge in [-0.05, 0) is 42.1 Å². The third-order valence-corrected chi connectivity index (χ3v) is 4.96. The Kier molecular flexibility index (Phi) is 6.07. The van der Waals surface area contributed by atoms with Gasteiger partial charge in [-0.2, -0.15) is 0 Å². The smallest absolute Gasteiger partial charge is 0.254 e. The monoisotopic (exact) mass is 352 g/mol. The number of nitrogens with two attached hydrogens (primary N) is 1. The highest BCUT2D eigenvalue weighted by atomic mass is 16.5. The summed E-state index contributed by atoms with van der Waals surface area (Å²) in [5, 5.41) is 0. The average Bonchev–Trinajstić information content (AvgIpc) is 2.68. The first-order valence-corrected chi connectivity index (χ1v) is 9.37. The molecule has 0 bridgehead atoms. The summed E-state index contributed by atoms with van der Waals surface area (Å²) in [4.78, 5) is 15.0. The SMILES string of the molecule is CC(C)[C@H]1CN(C(=O)c2ccc(CCN)cc2)C[C@@H](c2ccccc2)O1. The lowest BCUT2D eigenvalue weighted by Crippen LogP contribution is -2.48. The van der Waals surface area contributed by atoms with Crippen molar-refractivity contribution in [1.82, 2.24) is 4.90 Å². The second-order valence-corrected chi connectivity index (χ2v) is 7.26. The van der Waals surface area contributed by atoms with Crippen LogP contribution in [-0.2, 0) is 11.2 Å². The summed E-state index contributed by atoms with van der Waals surface area (Å²) in [5.74, 6) is 0.419. The van der Waals surface area contributed by atoms with Crippen LogP contribution in [0.15, 0.2) is 54.6 Å². The van der Waals surface area contributed by atoms with Gasteiger partial charge in [0.05, 0.1) is 12.6 Å². The molecule has 4 heteroatoms. The zero-order valence-electron chi connectivity index (χ0n) is 15.6. The van der Waals surface area contributed by atoms with Crippen LogP contribution in [0.1, 0.15) is 41.4 Å². The van der Waals surface area contributed by atoms with Crippen LogP contribution in [0, 0.1) is 5.92 Å². The van der Waals surface area contributed by atoms with Crippen LogP contribution in [0.5, 0.6) is 0 Å². The fraction of sp³-hybridized carbons (Fsp3) is 0.409. The largest absolute Gasteiger partial charge is 0.366 e. The van der Waals surface area contributed by atoms with Gasteiger partial charge in [0, 0.05) is 12.1 Å². The van der Waals surface area contributed by atoms with Crippen LogP contribution in [0.2, 0.25) is 0 Å². The number of amides is 1. The molecule has 0 radical (unpaired) electrons. The lowest BCUT2D eigenvalue weighted by Gasteiger charge is -2.40. The summed E-state index contributed by atoms with van der Waals surface area (Å²) >= 11 is 0. The molecule has 0 aliphatic carbocycles. The first kappa shape index (κ1) is 18.6. The molecule has 1 amide bonds. The molecular formula is C22H28N2O2. The van der Waals surface area contributed by atoms with Crippen LogP contribution in [0.4, 0.5) is 0 Å². The van der Waals surface area contributed by atoms with Crippen molar-refractivity contribution in [2.24, 2.45) is 11.7 Å². The molecule has 4 nitrogen and oxygen atoms in total. The first-order valence-electron chi connectivity index (χ1n) is 9.37. The van der Waals surface area contributed by atoms with Crippen LogP contribution in [-0.4, -0.2) is 36.5 Å². The van der Waals surface area contributed by atoms with Gasteiger partial charge in [0.2, 0.25) is 0 Å². The van der Waals surface area contributed by atoms with Crippen molar-refractivity contribution < 1.29 is 9.53 Å². The van der Waals surface area contributed by atoms with Crippen molar-refractivity contribution in [2.75, 3.05) is 19.6 Å². The van der Waals surface area contributed by atoms with Crippen molar-refractivity contribution in [3.63, 3.8) is 0 Å². The number of ether oxygens (including phenoxy) is 1. The molecule has 2 N–H and O–H groups in total. The van der Waals surface area contributed by atoms with Gasteiger partial charge in [0.15, 0.2) is 0 Å². The van der Waals surface area contributed by atoms with E-state index in [1.165, 1.54) is 0 Å².